The predicted molar refractivity (Wildman–Crippen MR) is 73.8 cm³/mol. The van der Waals surface area contributed by atoms with Crippen molar-refractivity contribution in [2.45, 2.75) is 6.42 Å². The highest BCUT2D eigenvalue weighted by atomic mass is 35.5. The monoisotopic (exact) mass is 279 g/mol. The Labute approximate surface area is 115 Å². The van der Waals surface area contributed by atoms with Gasteiger partial charge < -0.3 is 15.0 Å². The fourth-order valence-corrected chi connectivity index (χ4v) is 1.97. The first-order valence-corrected chi connectivity index (χ1v) is 6.18. The largest absolute Gasteiger partial charge is 0.478 e. The van der Waals surface area contributed by atoms with Crippen LogP contribution in [0.25, 0.3) is 0 Å². The van der Waals surface area contributed by atoms with Gasteiger partial charge in [-0.15, -0.1) is 0 Å². The van der Waals surface area contributed by atoms with Crippen molar-refractivity contribution >= 4 is 23.3 Å². The molecule has 19 heavy (non-hydrogen) atoms. The number of hydrogen-bond acceptors (Lipinski definition) is 3. The van der Waals surface area contributed by atoms with Crippen LogP contribution in [-0.4, -0.2) is 27.2 Å². The van der Waals surface area contributed by atoms with E-state index in [2.05, 4.69) is 10.3 Å². The first-order valence-electron chi connectivity index (χ1n) is 5.81. The number of benzene rings is 1. The number of carboxylic acid groups (broad SMARTS) is 1. The van der Waals surface area contributed by atoms with Crippen molar-refractivity contribution < 1.29 is 9.90 Å². The first-order chi connectivity index (χ1) is 9.08. The van der Waals surface area contributed by atoms with Crippen molar-refractivity contribution in [2.75, 3.05) is 11.9 Å². The molecule has 0 spiro atoms. The topological polar surface area (TPSA) is 67.2 Å². The molecule has 0 bridgehead atoms. The molecule has 0 aliphatic heterocycles. The first kappa shape index (κ1) is 13.4. The fourth-order valence-electron chi connectivity index (χ4n) is 1.80. The number of hydrogen-bond donors (Lipinski definition) is 2. The van der Waals surface area contributed by atoms with Crippen molar-refractivity contribution in [2.24, 2.45) is 7.05 Å². The Bertz CT molecular complexity index is 595. The summed E-state index contributed by atoms with van der Waals surface area (Å²) in [5.74, 6) is -0.0393. The average Bonchev–Trinajstić information content (AvgIpc) is 2.75. The molecule has 0 unspecified atom stereocenters. The minimum absolute atomic E-state index is 0.212. The second kappa shape index (κ2) is 5.75. The summed E-state index contributed by atoms with van der Waals surface area (Å²) in [6, 6.07) is 4.67. The van der Waals surface area contributed by atoms with Crippen molar-refractivity contribution in [3.8, 4) is 0 Å². The van der Waals surface area contributed by atoms with Crippen molar-refractivity contribution in [1.82, 2.24) is 9.55 Å². The van der Waals surface area contributed by atoms with Crippen LogP contribution >= 0.6 is 11.6 Å². The number of aromatic nitrogens is 2. The molecule has 6 heteroatoms. The molecule has 2 N–H and O–H groups in total. The number of imidazole rings is 1. The minimum atomic E-state index is -0.976. The zero-order valence-corrected chi connectivity index (χ0v) is 11.2. The lowest BCUT2D eigenvalue weighted by Crippen LogP contribution is -2.11. The summed E-state index contributed by atoms with van der Waals surface area (Å²) < 4.78 is 1.93. The van der Waals surface area contributed by atoms with Gasteiger partial charge in [0.25, 0.3) is 0 Å². The van der Waals surface area contributed by atoms with Crippen LogP contribution in [0.2, 0.25) is 5.02 Å². The molecule has 0 aliphatic carbocycles. The van der Waals surface area contributed by atoms with E-state index in [1.807, 2.05) is 17.8 Å². The van der Waals surface area contributed by atoms with Gasteiger partial charge in [-0.2, -0.15) is 0 Å². The summed E-state index contributed by atoms with van der Waals surface area (Å²) in [6.45, 7) is 0.589. The lowest BCUT2D eigenvalue weighted by Gasteiger charge is -2.10. The number of nitrogens with one attached hydrogen (secondary N) is 1. The quantitative estimate of drug-likeness (QED) is 0.882. The van der Waals surface area contributed by atoms with E-state index in [1.54, 1.807) is 18.3 Å². The van der Waals surface area contributed by atoms with Crippen LogP contribution in [0.3, 0.4) is 0 Å². The van der Waals surface area contributed by atoms with Crippen LogP contribution in [0.5, 0.6) is 0 Å². The van der Waals surface area contributed by atoms with Crippen molar-refractivity contribution in [3.05, 3.63) is 47.0 Å². The zero-order valence-electron chi connectivity index (χ0n) is 10.4. The second-order valence-electron chi connectivity index (χ2n) is 4.13. The van der Waals surface area contributed by atoms with Gasteiger partial charge in [-0.1, -0.05) is 11.6 Å². The molecule has 5 nitrogen and oxygen atoms in total. The van der Waals surface area contributed by atoms with Gasteiger partial charge in [-0.05, 0) is 18.2 Å². The van der Waals surface area contributed by atoms with Crippen LogP contribution in [0.4, 0.5) is 5.69 Å². The van der Waals surface area contributed by atoms with Gasteiger partial charge in [-0.25, -0.2) is 9.78 Å². The lowest BCUT2D eigenvalue weighted by atomic mass is 10.2. The molecule has 0 fully saturated rings. The Morgan fingerprint density at radius 1 is 1.53 bits per heavy atom. The fraction of sp³-hybridized carbons (Fsp3) is 0.231. The number of nitrogens with zero attached hydrogens (tertiary/aromatic N) is 2. The van der Waals surface area contributed by atoms with E-state index >= 15 is 0 Å². The molecule has 1 aromatic heterocycles. The molecule has 0 aliphatic rings. The normalized spacial score (nSPS) is 10.4. The highest BCUT2D eigenvalue weighted by molar-refractivity contribution is 6.31. The Hall–Kier alpha value is -2.01. The van der Waals surface area contributed by atoms with E-state index in [4.69, 9.17) is 16.7 Å². The Morgan fingerprint density at radius 3 is 2.95 bits per heavy atom. The average molecular weight is 280 g/mol. The maximum Gasteiger partial charge on any atom is 0.337 e. The molecular weight excluding hydrogens is 266 g/mol. The number of carboxylic acids is 1. The molecule has 0 atom stereocenters. The summed E-state index contributed by atoms with van der Waals surface area (Å²) in [4.78, 5) is 15.3. The van der Waals surface area contributed by atoms with Gasteiger partial charge in [0, 0.05) is 37.4 Å². The highest BCUT2D eigenvalue weighted by Crippen LogP contribution is 2.21. The maximum atomic E-state index is 11.1. The number of aromatic carboxylic acids is 1. The third-order valence-electron chi connectivity index (χ3n) is 2.80. The van der Waals surface area contributed by atoms with Crippen LogP contribution in [0.1, 0.15) is 16.2 Å². The molecule has 0 amide bonds. The predicted octanol–water partition coefficient (Wildman–Crippen LogP) is 2.43. The van der Waals surface area contributed by atoms with E-state index in [9.17, 15) is 4.79 Å². The lowest BCUT2D eigenvalue weighted by molar-refractivity contribution is 0.0698. The third kappa shape index (κ3) is 3.26. The molecule has 2 aromatic rings. The number of rotatable bonds is 5. The van der Waals surface area contributed by atoms with E-state index in [-0.39, 0.29) is 5.56 Å². The number of carbonyl (C=O) groups is 1. The van der Waals surface area contributed by atoms with E-state index in [1.165, 1.54) is 6.07 Å². The van der Waals surface area contributed by atoms with E-state index < -0.39 is 5.97 Å². The molecule has 0 saturated carbocycles. The summed E-state index contributed by atoms with van der Waals surface area (Å²) in [7, 11) is 1.92. The Kier molecular flexibility index (Phi) is 4.06. The van der Waals surface area contributed by atoms with Gasteiger partial charge in [0.15, 0.2) is 0 Å². The van der Waals surface area contributed by atoms with E-state index in [0.29, 0.717) is 23.7 Å². The van der Waals surface area contributed by atoms with Gasteiger partial charge >= 0.3 is 5.97 Å². The number of aryl methyl sites for hydroxylation is 1. The van der Waals surface area contributed by atoms with Crippen molar-refractivity contribution in [1.29, 1.82) is 0 Å². The summed E-state index contributed by atoms with van der Waals surface area (Å²) in [5.41, 5.74) is 0.735. The smallest absolute Gasteiger partial charge is 0.337 e. The van der Waals surface area contributed by atoms with Crippen LogP contribution in [-0.2, 0) is 13.5 Å². The third-order valence-corrected chi connectivity index (χ3v) is 3.03. The molecule has 0 saturated heterocycles. The molecule has 100 valence electrons. The van der Waals surface area contributed by atoms with Crippen LogP contribution < -0.4 is 5.32 Å². The zero-order chi connectivity index (χ0) is 13.8. The molecule has 0 radical (unpaired) electrons. The SMILES string of the molecule is Cn1ccnc1CCNc1cc(Cl)ccc1C(=O)O. The standard InChI is InChI=1S/C13H14ClN3O2/c1-17-7-6-16-12(17)4-5-15-11-8-9(14)2-3-10(11)13(18)19/h2-3,6-8,15H,4-5H2,1H3,(H,18,19). The second-order valence-corrected chi connectivity index (χ2v) is 4.56. The number of halogens is 1. The highest BCUT2D eigenvalue weighted by Gasteiger charge is 2.10. The van der Waals surface area contributed by atoms with Crippen LogP contribution in [0, 0.1) is 0 Å². The minimum Gasteiger partial charge on any atom is -0.478 e. The molecule has 1 heterocycles. The maximum absolute atomic E-state index is 11.1. The van der Waals surface area contributed by atoms with Crippen molar-refractivity contribution in [3.63, 3.8) is 0 Å². The Balaban J connectivity index is 2.05. The molecular formula is C13H14ClN3O2. The van der Waals surface area contributed by atoms with Gasteiger partial charge in [0.05, 0.1) is 11.3 Å². The molecule has 2 rings (SSSR count). The summed E-state index contributed by atoms with van der Waals surface area (Å²) in [5, 5.41) is 12.7. The van der Waals surface area contributed by atoms with Gasteiger partial charge in [0.1, 0.15) is 5.82 Å². The Morgan fingerprint density at radius 2 is 2.32 bits per heavy atom. The summed E-state index contributed by atoms with van der Waals surface area (Å²) >= 11 is 5.88. The van der Waals surface area contributed by atoms with Gasteiger partial charge in [-0.3, -0.25) is 0 Å². The molecule has 1 aromatic carbocycles. The number of anilines is 1. The van der Waals surface area contributed by atoms with Gasteiger partial charge in [0.2, 0.25) is 0 Å². The van der Waals surface area contributed by atoms with Crippen LogP contribution in [0.15, 0.2) is 30.6 Å². The summed E-state index contributed by atoms with van der Waals surface area (Å²) in [6.07, 6.45) is 4.31. The van der Waals surface area contributed by atoms with E-state index in [0.717, 1.165) is 5.82 Å².